The summed E-state index contributed by atoms with van der Waals surface area (Å²) in [5.74, 6) is 0.677. The van der Waals surface area contributed by atoms with Gasteiger partial charge in [0.15, 0.2) is 14.6 Å². The summed E-state index contributed by atoms with van der Waals surface area (Å²) in [5.41, 5.74) is 1.41. The van der Waals surface area contributed by atoms with Crippen molar-refractivity contribution in [2.24, 2.45) is 5.41 Å². The minimum Gasteiger partial charge on any atom is -0.497 e. The van der Waals surface area contributed by atoms with Gasteiger partial charge in [-0.2, -0.15) is 0 Å². The summed E-state index contributed by atoms with van der Waals surface area (Å²) in [6.07, 6.45) is 2.61. The number of sulfone groups is 1. The van der Waals surface area contributed by atoms with Gasteiger partial charge in [0, 0.05) is 0 Å². The van der Waals surface area contributed by atoms with Gasteiger partial charge < -0.3 is 14.8 Å². The SMILES string of the molecule is COc1ccc(Oc2cccc(S(=O)(=O)C3(C(=O)NO)CCC4(CCNCC4)C3)c2)cc1. The summed E-state index contributed by atoms with van der Waals surface area (Å²) >= 11 is 0. The van der Waals surface area contributed by atoms with E-state index in [1.807, 2.05) is 0 Å². The van der Waals surface area contributed by atoms with Gasteiger partial charge in [0.2, 0.25) is 0 Å². The van der Waals surface area contributed by atoms with Crippen LogP contribution in [0.2, 0.25) is 0 Å². The third-order valence-electron chi connectivity index (χ3n) is 6.82. The van der Waals surface area contributed by atoms with Crippen LogP contribution < -0.4 is 20.3 Å². The number of carbonyl (C=O) groups is 1. The number of carbonyl (C=O) groups excluding carboxylic acids is 1. The standard InChI is InChI=1S/C23H28N2O6S/c1-30-17-5-7-18(8-6-17)31-19-3-2-4-20(15-19)32(28,29)23(21(26)25-27)10-9-22(16-23)11-13-24-14-12-22/h2-8,15,24,27H,9-14,16H2,1H3,(H,25,26). The fourth-order valence-electron chi connectivity index (χ4n) is 4.99. The number of amides is 1. The molecule has 1 amide bonds. The third-order valence-corrected chi connectivity index (χ3v) is 9.26. The Labute approximate surface area is 187 Å². The van der Waals surface area contributed by atoms with Gasteiger partial charge in [0.05, 0.1) is 12.0 Å². The van der Waals surface area contributed by atoms with Gasteiger partial charge in [-0.05, 0) is 93.1 Å². The Morgan fingerprint density at radius 1 is 1.00 bits per heavy atom. The summed E-state index contributed by atoms with van der Waals surface area (Å²) in [5, 5.41) is 12.7. The number of benzene rings is 2. The lowest BCUT2D eigenvalue weighted by molar-refractivity contribution is -0.132. The van der Waals surface area contributed by atoms with Crippen LogP contribution >= 0.6 is 0 Å². The Hall–Kier alpha value is -2.62. The molecule has 1 atom stereocenters. The Kier molecular flexibility index (Phi) is 6.15. The summed E-state index contributed by atoms with van der Waals surface area (Å²) in [6.45, 7) is 1.59. The molecular weight excluding hydrogens is 432 g/mol. The van der Waals surface area contributed by atoms with Crippen LogP contribution in [0, 0.1) is 5.41 Å². The van der Waals surface area contributed by atoms with Crippen LogP contribution in [0.3, 0.4) is 0 Å². The van der Waals surface area contributed by atoms with E-state index in [0.717, 1.165) is 25.9 Å². The van der Waals surface area contributed by atoms with E-state index in [4.69, 9.17) is 9.47 Å². The van der Waals surface area contributed by atoms with E-state index in [2.05, 4.69) is 5.32 Å². The molecule has 2 aliphatic rings. The molecule has 2 aromatic rings. The van der Waals surface area contributed by atoms with Crippen LogP contribution in [0.5, 0.6) is 17.2 Å². The average Bonchev–Trinajstić information content (AvgIpc) is 3.20. The molecule has 0 bridgehead atoms. The van der Waals surface area contributed by atoms with Crippen molar-refractivity contribution in [3.05, 3.63) is 48.5 Å². The molecule has 172 valence electrons. The van der Waals surface area contributed by atoms with Gasteiger partial charge in [-0.15, -0.1) is 0 Å². The third kappa shape index (κ3) is 3.96. The summed E-state index contributed by atoms with van der Waals surface area (Å²) < 4.78 is 36.9. The van der Waals surface area contributed by atoms with Gasteiger partial charge in [0.25, 0.3) is 5.91 Å². The second kappa shape index (κ2) is 8.73. The molecule has 1 aliphatic carbocycles. The van der Waals surface area contributed by atoms with Crippen LogP contribution in [0.25, 0.3) is 0 Å². The number of hydrogen-bond donors (Lipinski definition) is 3. The summed E-state index contributed by atoms with van der Waals surface area (Å²) in [6, 6.07) is 13.1. The van der Waals surface area contributed by atoms with Gasteiger partial charge in [0.1, 0.15) is 17.2 Å². The molecule has 1 aliphatic heterocycles. The Morgan fingerprint density at radius 2 is 1.69 bits per heavy atom. The highest BCUT2D eigenvalue weighted by molar-refractivity contribution is 7.93. The van der Waals surface area contributed by atoms with E-state index in [0.29, 0.717) is 23.7 Å². The molecule has 4 rings (SSSR count). The van der Waals surface area contributed by atoms with Crippen molar-refractivity contribution in [1.29, 1.82) is 0 Å². The second-order valence-corrected chi connectivity index (χ2v) is 10.9. The first-order valence-electron chi connectivity index (χ1n) is 10.7. The molecule has 9 heteroatoms. The minimum absolute atomic E-state index is 0.00176. The van der Waals surface area contributed by atoms with Crippen molar-refractivity contribution in [2.75, 3.05) is 20.2 Å². The highest BCUT2D eigenvalue weighted by atomic mass is 32.2. The molecule has 1 saturated carbocycles. The molecule has 0 radical (unpaired) electrons. The number of nitrogens with one attached hydrogen (secondary N) is 2. The van der Waals surface area contributed by atoms with Crippen LogP contribution in [0.4, 0.5) is 0 Å². The highest BCUT2D eigenvalue weighted by Crippen LogP contribution is 2.54. The van der Waals surface area contributed by atoms with Crippen LogP contribution in [-0.2, 0) is 14.6 Å². The summed E-state index contributed by atoms with van der Waals surface area (Å²) in [7, 11) is -2.54. The van der Waals surface area contributed by atoms with Crippen molar-refractivity contribution < 1.29 is 27.9 Å². The molecule has 32 heavy (non-hydrogen) atoms. The van der Waals surface area contributed by atoms with E-state index >= 15 is 0 Å². The zero-order valence-electron chi connectivity index (χ0n) is 18.0. The van der Waals surface area contributed by atoms with E-state index in [1.54, 1.807) is 49.0 Å². The molecule has 1 unspecified atom stereocenters. The monoisotopic (exact) mass is 460 g/mol. The lowest BCUT2D eigenvalue weighted by Gasteiger charge is -2.36. The number of methoxy groups -OCH3 is 1. The minimum atomic E-state index is -4.10. The van der Waals surface area contributed by atoms with E-state index in [-0.39, 0.29) is 23.2 Å². The number of piperidine rings is 1. The Bertz CT molecular complexity index is 1080. The van der Waals surface area contributed by atoms with Crippen molar-refractivity contribution >= 4 is 15.7 Å². The zero-order valence-corrected chi connectivity index (χ0v) is 18.8. The van der Waals surface area contributed by atoms with Crippen LogP contribution in [0.15, 0.2) is 53.4 Å². The van der Waals surface area contributed by atoms with Crippen molar-refractivity contribution in [1.82, 2.24) is 10.8 Å². The fourth-order valence-corrected chi connectivity index (χ4v) is 7.13. The largest absolute Gasteiger partial charge is 0.497 e. The normalized spacial score (nSPS) is 22.4. The first kappa shape index (κ1) is 22.6. The smallest absolute Gasteiger partial charge is 0.265 e. The van der Waals surface area contributed by atoms with E-state index in [9.17, 15) is 18.4 Å². The van der Waals surface area contributed by atoms with E-state index < -0.39 is 20.5 Å². The van der Waals surface area contributed by atoms with Crippen molar-refractivity contribution in [2.45, 2.75) is 41.7 Å². The van der Waals surface area contributed by atoms with Gasteiger partial charge in [-0.1, -0.05) is 6.07 Å². The van der Waals surface area contributed by atoms with Crippen LogP contribution in [0.1, 0.15) is 32.1 Å². The number of rotatable bonds is 6. The highest BCUT2D eigenvalue weighted by Gasteiger charge is 2.60. The lowest BCUT2D eigenvalue weighted by Crippen LogP contribution is -2.51. The van der Waals surface area contributed by atoms with Gasteiger partial charge in [-0.3, -0.25) is 10.0 Å². The molecule has 2 fully saturated rings. The Morgan fingerprint density at radius 3 is 2.34 bits per heavy atom. The lowest BCUT2D eigenvalue weighted by atomic mass is 9.77. The van der Waals surface area contributed by atoms with Crippen LogP contribution in [-0.4, -0.2) is 44.5 Å². The molecule has 3 N–H and O–H groups in total. The maximum absolute atomic E-state index is 13.8. The van der Waals surface area contributed by atoms with Gasteiger partial charge >= 0.3 is 0 Å². The molecule has 2 aromatic carbocycles. The molecule has 0 aromatic heterocycles. The molecule has 8 nitrogen and oxygen atoms in total. The second-order valence-electron chi connectivity index (χ2n) is 8.62. The average molecular weight is 461 g/mol. The quantitative estimate of drug-likeness (QED) is 0.448. The molecule has 1 saturated heterocycles. The Balaban J connectivity index is 1.66. The maximum Gasteiger partial charge on any atom is 0.265 e. The molecule has 1 heterocycles. The van der Waals surface area contributed by atoms with Crippen molar-refractivity contribution in [3.8, 4) is 17.2 Å². The fraction of sp³-hybridized carbons (Fsp3) is 0.435. The molecular formula is C23H28N2O6S. The number of hydrogen-bond acceptors (Lipinski definition) is 7. The first-order valence-corrected chi connectivity index (χ1v) is 12.1. The van der Waals surface area contributed by atoms with Crippen molar-refractivity contribution in [3.63, 3.8) is 0 Å². The number of hydroxylamine groups is 1. The first-order chi connectivity index (χ1) is 15.3. The number of ether oxygens (including phenoxy) is 2. The summed E-state index contributed by atoms with van der Waals surface area (Å²) in [4.78, 5) is 12.8. The zero-order chi connectivity index (χ0) is 22.8. The predicted octanol–water partition coefficient (Wildman–Crippen LogP) is 3.06. The van der Waals surface area contributed by atoms with E-state index in [1.165, 1.54) is 12.1 Å². The maximum atomic E-state index is 13.8. The topological polar surface area (TPSA) is 114 Å². The predicted molar refractivity (Wildman–Crippen MR) is 118 cm³/mol. The molecule has 1 spiro atoms. The van der Waals surface area contributed by atoms with Gasteiger partial charge in [-0.25, -0.2) is 13.9 Å².